The Morgan fingerprint density at radius 3 is 2.67 bits per heavy atom. The highest BCUT2D eigenvalue weighted by atomic mass is 32.2. The number of benzene rings is 1. The van der Waals surface area contributed by atoms with Crippen LogP contribution in [0.2, 0.25) is 0 Å². The van der Waals surface area contributed by atoms with Gasteiger partial charge in [-0.15, -0.1) is 0 Å². The van der Waals surface area contributed by atoms with Crippen molar-refractivity contribution in [3.63, 3.8) is 0 Å². The quantitative estimate of drug-likeness (QED) is 0.523. The number of thioether (sulfide) groups is 1. The van der Waals surface area contributed by atoms with E-state index in [4.69, 9.17) is 0 Å². The maximum Gasteiger partial charge on any atom is 0.180 e. The Bertz CT molecular complexity index is 256. The van der Waals surface area contributed by atoms with Gasteiger partial charge in [-0.3, -0.25) is 4.79 Å². The van der Waals surface area contributed by atoms with Crippen LogP contribution in [0.15, 0.2) is 23.1 Å². The van der Waals surface area contributed by atoms with Crippen molar-refractivity contribution in [1.29, 1.82) is 0 Å². The molecule has 0 aliphatic carbocycles. The molecule has 0 aromatic heterocycles. The molecule has 1 aromatic rings. The summed E-state index contributed by atoms with van der Waals surface area (Å²) < 4.78 is 0. The summed E-state index contributed by atoms with van der Waals surface area (Å²) in [7, 11) is 3.91. The van der Waals surface area contributed by atoms with Gasteiger partial charge in [-0.25, -0.2) is 0 Å². The summed E-state index contributed by atoms with van der Waals surface area (Å²) in [5.74, 6) is 0. The molecule has 12 heavy (non-hydrogen) atoms. The van der Waals surface area contributed by atoms with E-state index in [9.17, 15) is 4.79 Å². The molecule has 1 aromatic carbocycles. The van der Waals surface area contributed by atoms with E-state index in [2.05, 4.69) is 6.07 Å². The second kappa shape index (κ2) is 4.16. The van der Waals surface area contributed by atoms with Crippen LogP contribution in [-0.4, -0.2) is 19.7 Å². The topological polar surface area (TPSA) is 20.3 Å². The lowest BCUT2D eigenvalue weighted by Gasteiger charge is -2.11. The summed E-state index contributed by atoms with van der Waals surface area (Å²) in [6, 6.07) is 8.73. The summed E-state index contributed by atoms with van der Waals surface area (Å²) >= 11 is 1.17. The van der Waals surface area contributed by atoms with Crippen LogP contribution < -0.4 is 4.90 Å². The van der Waals surface area contributed by atoms with Gasteiger partial charge in [0.25, 0.3) is 0 Å². The van der Waals surface area contributed by atoms with Gasteiger partial charge in [0.1, 0.15) is 0 Å². The van der Waals surface area contributed by atoms with E-state index in [1.165, 1.54) is 11.8 Å². The van der Waals surface area contributed by atoms with Crippen LogP contribution in [0.4, 0.5) is 5.69 Å². The molecule has 0 saturated heterocycles. The SMILES string of the molecule is CN(C)c1[c]cc(SC=O)cc1. The van der Waals surface area contributed by atoms with Crippen LogP contribution in [0.5, 0.6) is 0 Å². The Hall–Kier alpha value is -0.960. The molecule has 0 spiro atoms. The maximum atomic E-state index is 10.1. The van der Waals surface area contributed by atoms with Gasteiger partial charge in [0, 0.05) is 30.7 Å². The number of anilines is 1. The fourth-order valence-electron chi connectivity index (χ4n) is 0.809. The van der Waals surface area contributed by atoms with Gasteiger partial charge in [0.15, 0.2) is 5.62 Å². The van der Waals surface area contributed by atoms with Crippen LogP contribution in [-0.2, 0) is 4.79 Å². The van der Waals surface area contributed by atoms with Crippen LogP contribution in [0, 0.1) is 6.07 Å². The average molecular weight is 180 g/mol. The number of nitrogens with zero attached hydrogens (tertiary/aromatic N) is 1. The highest BCUT2D eigenvalue weighted by Gasteiger charge is 1.95. The molecule has 0 amide bonds. The van der Waals surface area contributed by atoms with E-state index >= 15 is 0 Å². The molecule has 1 rings (SSSR count). The van der Waals surface area contributed by atoms with Crippen molar-refractivity contribution in [3.05, 3.63) is 24.3 Å². The van der Waals surface area contributed by atoms with Crippen molar-refractivity contribution < 1.29 is 4.79 Å². The third-order valence-corrected chi connectivity index (χ3v) is 2.06. The first-order valence-corrected chi connectivity index (χ1v) is 4.41. The molecule has 0 aliphatic rings. The number of carbonyl (C=O) groups is 1. The minimum absolute atomic E-state index is 0.818. The van der Waals surface area contributed by atoms with E-state index < -0.39 is 0 Å². The molecular weight excluding hydrogens is 170 g/mol. The number of carbonyl (C=O) groups excluding carboxylic acids is 1. The monoisotopic (exact) mass is 180 g/mol. The predicted octanol–water partition coefficient (Wildman–Crippen LogP) is 1.84. The molecule has 63 valence electrons. The third kappa shape index (κ3) is 2.27. The summed E-state index contributed by atoms with van der Waals surface area (Å²) in [4.78, 5) is 13.0. The van der Waals surface area contributed by atoms with E-state index in [1.807, 2.05) is 37.2 Å². The van der Waals surface area contributed by atoms with E-state index in [-0.39, 0.29) is 0 Å². The minimum Gasteiger partial charge on any atom is -0.377 e. The Labute approximate surface area is 76.6 Å². The molecule has 0 heterocycles. The Morgan fingerprint density at radius 2 is 2.25 bits per heavy atom. The van der Waals surface area contributed by atoms with Crippen molar-refractivity contribution in [3.8, 4) is 0 Å². The zero-order chi connectivity index (χ0) is 8.97. The van der Waals surface area contributed by atoms with Crippen molar-refractivity contribution >= 4 is 23.1 Å². The van der Waals surface area contributed by atoms with Gasteiger partial charge in [-0.2, -0.15) is 0 Å². The highest BCUT2D eigenvalue weighted by molar-refractivity contribution is 8.11. The van der Waals surface area contributed by atoms with Crippen LogP contribution in [0.25, 0.3) is 0 Å². The fraction of sp³-hybridized carbons (Fsp3) is 0.222. The Kier molecular flexibility index (Phi) is 3.17. The predicted molar refractivity (Wildman–Crippen MR) is 52.2 cm³/mol. The number of rotatable bonds is 3. The van der Waals surface area contributed by atoms with E-state index in [0.29, 0.717) is 0 Å². The van der Waals surface area contributed by atoms with Gasteiger partial charge >= 0.3 is 0 Å². The lowest BCUT2D eigenvalue weighted by atomic mass is 10.3. The Balaban J connectivity index is 2.78. The van der Waals surface area contributed by atoms with Crippen LogP contribution in [0.3, 0.4) is 0 Å². The van der Waals surface area contributed by atoms with Crippen LogP contribution in [0.1, 0.15) is 0 Å². The number of hydrogen-bond acceptors (Lipinski definition) is 3. The fourth-order valence-corrected chi connectivity index (χ4v) is 1.19. The molecular formula is C9H10NOS. The van der Waals surface area contributed by atoms with Gasteiger partial charge in [-0.05, 0) is 18.2 Å². The summed E-state index contributed by atoms with van der Waals surface area (Å²) in [6.45, 7) is 0. The second-order valence-corrected chi connectivity index (χ2v) is 3.42. The van der Waals surface area contributed by atoms with Crippen molar-refractivity contribution in [2.75, 3.05) is 19.0 Å². The molecule has 0 aliphatic heterocycles. The zero-order valence-electron chi connectivity index (χ0n) is 7.07. The van der Waals surface area contributed by atoms with Gasteiger partial charge in [-0.1, -0.05) is 11.8 Å². The molecule has 1 radical (unpaired) electrons. The van der Waals surface area contributed by atoms with Crippen molar-refractivity contribution in [2.24, 2.45) is 0 Å². The standard InChI is InChI=1S/C9H10NOS/c1-10(2)8-3-5-9(6-4-8)12-7-11/h3,5-7H,1-2H3. The first kappa shape index (κ1) is 9.13. The first-order valence-electron chi connectivity index (χ1n) is 3.53. The summed E-state index contributed by atoms with van der Waals surface area (Å²) in [5.41, 5.74) is 1.84. The molecule has 2 nitrogen and oxygen atoms in total. The van der Waals surface area contributed by atoms with Crippen LogP contribution >= 0.6 is 11.8 Å². The van der Waals surface area contributed by atoms with Crippen molar-refractivity contribution in [1.82, 2.24) is 0 Å². The second-order valence-electron chi connectivity index (χ2n) is 2.52. The average Bonchev–Trinajstić information content (AvgIpc) is 2.06. The largest absolute Gasteiger partial charge is 0.377 e. The minimum atomic E-state index is 0.818. The van der Waals surface area contributed by atoms with Gasteiger partial charge in [0.2, 0.25) is 0 Å². The zero-order valence-corrected chi connectivity index (χ0v) is 7.89. The number of hydrogen-bond donors (Lipinski definition) is 0. The molecule has 0 unspecified atom stereocenters. The Morgan fingerprint density at radius 1 is 1.50 bits per heavy atom. The molecule has 0 bridgehead atoms. The third-order valence-electron chi connectivity index (χ3n) is 1.43. The lowest BCUT2D eigenvalue weighted by Crippen LogP contribution is -2.08. The normalized spacial score (nSPS) is 9.50. The molecule has 3 heteroatoms. The van der Waals surface area contributed by atoms with E-state index in [1.54, 1.807) is 0 Å². The van der Waals surface area contributed by atoms with Gasteiger partial charge < -0.3 is 4.90 Å². The lowest BCUT2D eigenvalue weighted by molar-refractivity contribution is 0.570. The summed E-state index contributed by atoms with van der Waals surface area (Å²) in [6.07, 6.45) is 0. The summed E-state index contributed by atoms with van der Waals surface area (Å²) in [5, 5.41) is 0. The first-order chi connectivity index (χ1) is 5.74. The highest BCUT2D eigenvalue weighted by Crippen LogP contribution is 2.18. The molecule has 0 fully saturated rings. The maximum absolute atomic E-state index is 10.1. The van der Waals surface area contributed by atoms with Gasteiger partial charge in [0.05, 0.1) is 0 Å². The molecule has 0 N–H and O–H groups in total. The smallest absolute Gasteiger partial charge is 0.180 e. The van der Waals surface area contributed by atoms with E-state index in [0.717, 1.165) is 16.2 Å². The molecule has 0 saturated carbocycles. The molecule has 0 atom stereocenters. The van der Waals surface area contributed by atoms with Crippen molar-refractivity contribution in [2.45, 2.75) is 4.90 Å².